The summed E-state index contributed by atoms with van der Waals surface area (Å²) in [7, 11) is -3.63. The van der Waals surface area contributed by atoms with E-state index >= 15 is 0 Å². The van der Waals surface area contributed by atoms with E-state index in [-0.39, 0.29) is 24.9 Å². The molecule has 2 N–H and O–H groups in total. The van der Waals surface area contributed by atoms with Crippen LogP contribution in [0.3, 0.4) is 0 Å². The highest BCUT2D eigenvalue weighted by molar-refractivity contribution is 7.89. The fourth-order valence-electron chi connectivity index (χ4n) is 4.19. The Hall–Kier alpha value is -1.44. The van der Waals surface area contributed by atoms with E-state index in [1.807, 2.05) is 26.0 Å². The van der Waals surface area contributed by atoms with Crippen LogP contribution in [-0.2, 0) is 14.8 Å². The SMILES string of the molecule is Cc1cc(C)c(S(=O)(=O)NCCC(=O)NC(C)CN2CCCC(C)C2)c(C)c1. The molecule has 1 aromatic rings. The topological polar surface area (TPSA) is 78.5 Å². The zero-order valence-corrected chi connectivity index (χ0v) is 18.7. The predicted molar refractivity (Wildman–Crippen MR) is 113 cm³/mol. The lowest BCUT2D eigenvalue weighted by Crippen LogP contribution is -2.45. The molecule has 28 heavy (non-hydrogen) atoms. The second kappa shape index (κ2) is 9.85. The minimum atomic E-state index is -3.63. The molecule has 1 heterocycles. The maximum Gasteiger partial charge on any atom is 0.241 e. The van der Waals surface area contributed by atoms with Gasteiger partial charge in [-0.2, -0.15) is 0 Å². The summed E-state index contributed by atoms with van der Waals surface area (Å²) in [6.07, 6.45) is 2.61. The maximum absolute atomic E-state index is 12.6. The maximum atomic E-state index is 12.6. The Bertz CT molecular complexity index is 769. The number of sulfonamides is 1. The van der Waals surface area contributed by atoms with Crippen molar-refractivity contribution < 1.29 is 13.2 Å². The Balaban J connectivity index is 1.81. The van der Waals surface area contributed by atoms with Crippen molar-refractivity contribution in [3.63, 3.8) is 0 Å². The molecule has 1 aromatic carbocycles. The van der Waals surface area contributed by atoms with Crippen molar-refractivity contribution in [1.29, 1.82) is 0 Å². The summed E-state index contributed by atoms with van der Waals surface area (Å²) in [5, 5.41) is 2.98. The molecule has 0 bridgehead atoms. The normalized spacial score (nSPS) is 19.4. The zero-order valence-electron chi connectivity index (χ0n) is 17.8. The van der Waals surface area contributed by atoms with Crippen LogP contribution in [0.5, 0.6) is 0 Å². The summed E-state index contributed by atoms with van der Waals surface area (Å²) in [5.74, 6) is 0.581. The molecule has 1 aliphatic heterocycles. The summed E-state index contributed by atoms with van der Waals surface area (Å²) in [6, 6.07) is 3.77. The average Bonchev–Trinajstić information content (AvgIpc) is 2.52. The largest absolute Gasteiger partial charge is 0.352 e. The van der Waals surface area contributed by atoms with Gasteiger partial charge in [-0.1, -0.05) is 24.6 Å². The van der Waals surface area contributed by atoms with Crippen molar-refractivity contribution in [2.75, 3.05) is 26.2 Å². The molecule has 158 valence electrons. The van der Waals surface area contributed by atoms with Gasteiger partial charge in [-0.15, -0.1) is 0 Å². The smallest absolute Gasteiger partial charge is 0.241 e. The van der Waals surface area contributed by atoms with E-state index in [9.17, 15) is 13.2 Å². The van der Waals surface area contributed by atoms with Crippen molar-refractivity contribution in [3.05, 3.63) is 28.8 Å². The van der Waals surface area contributed by atoms with E-state index in [2.05, 4.69) is 21.9 Å². The highest BCUT2D eigenvalue weighted by Gasteiger charge is 2.21. The van der Waals surface area contributed by atoms with Crippen LogP contribution < -0.4 is 10.0 Å². The van der Waals surface area contributed by atoms with Gasteiger partial charge in [0.05, 0.1) is 4.90 Å². The number of nitrogens with zero attached hydrogens (tertiary/aromatic N) is 1. The van der Waals surface area contributed by atoms with Crippen molar-refractivity contribution in [2.45, 2.75) is 64.8 Å². The van der Waals surface area contributed by atoms with Gasteiger partial charge in [0.1, 0.15) is 0 Å². The minimum absolute atomic E-state index is 0.0518. The van der Waals surface area contributed by atoms with Gasteiger partial charge in [0, 0.05) is 32.1 Å². The molecule has 1 amide bonds. The number of rotatable bonds is 8. The van der Waals surface area contributed by atoms with E-state index in [4.69, 9.17) is 0 Å². The van der Waals surface area contributed by atoms with Crippen molar-refractivity contribution in [2.24, 2.45) is 5.92 Å². The van der Waals surface area contributed by atoms with Crippen LogP contribution in [0.1, 0.15) is 49.8 Å². The third-order valence-corrected chi connectivity index (χ3v) is 6.96. The number of piperidine rings is 1. The van der Waals surface area contributed by atoms with Gasteiger partial charge in [0.15, 0.2) is 0 Å². The third-order valence-electron chi connectivity index (χ3n) is 5.20. The average molecular weight is 410 g/mol. The summed E-state index contributed by atoms with van der Waals surface area (Å²) in [4.78, 5) is 14.9. The first-order chi connectivity index (χ1) is 13.1. The van der Waals surface area contributed by atoms with Crippen molar-refractivity contribution in [1.82, 2.24) is 14.9 Å². The summed E-state index contributed by atoms with van der Waals surface area (Å²) in [5.41, 5.74) is 2.48. The van der Waals surface area contributed by atoms with E-state index in [1.165, 1.54) is 12.8 Å². The van der Waals surface area contributed by atoms with Crippen LogP contribution >= 0.6 is 0 Å². The Labute approximate surface area is 170 Å². The molecule has 0 aromatic heterocycles. The van der Waals surface area contributed by atoms with Gasteiger partial charge in [-0.05, 0) is 64.1 Å². The fraction of sp³-hybridized carbons (Fsp3) is 0.667. The highest BCUT2D eigenvalue weighted by Crippen LogP contribution is 2.21. The molecule has 2 rings (SSSR count). The Kier molecular flexibility index (Phi) is 8.04. The number of carbonyl (C=O) groups is 1. The molecule has 0 saturated carbocycles. The zero-order chi connectivity index (χ0) is 20.9. The Morgan fingerprint density at radius 1 is 1.25 bits per heavy atom. The highest BCUT2D eigenvalue weighted by atomic mass is 32.2. The molecule has 0 spiro atoms. The molecule has 1 fully saturated rings. The number of hydrogen-bond acceptors (Lipinski definition) is 4. The Morgan fingerprint density at radius 2 is 1.89 bits per heavy atom. The molecule has 6 nitrogen and oxygen atoms in total. The van der Waals surface area contributed by atoms with Crippen LogP contribution in [0.2, 0.25) is 0 Å². The molecule has 2 atom stereocenters. The molecule has 2 unspecified atom stereocenters. The number of likely N-dealkylation sites (tertiary alicyclic amines) is 1. The van der Waals surface area contributed by atoms with Crippen LogP contribution in [0.4, 0.5) is 0 Å². The molecule has 0 aliphatic carbocycles. The van der Waals surface area contributed by atoms with Crippen LogP contribution in [0.25, 0.3) is 0 Å². The molecule has 1 saturated heterocycles. The lowest BCUT2D eigenvalue weighted by atomic mass is 10.00. The van der Waals surface area contributed by atoms with Crippen molar-refractivity contribution >= 4 is 15.9 Å². The van der Waals surface area contributed by atoms with E-state index in [1.54, 1.807) is 13.8 Å². The van der Waals surface area contributed by atoms with Crippen LogP contribution in [0.15, 0.2) is 17.0 Å². The van der Waals surface area contributed by atoms with Gasteiger partial charge in [0.25, 0.3) is 0 Å². The second-order valence-electron chi connectivity index (χ2n) is 8.35. The number of benzene rings is 1. The van der Waals surface area contributed by atoms with Crippen molar-refractivity contribution in [3.8, 4) is 0 Å². The van der Waals surface area contributed by atoms with Gasteiger partial charge in [-0.25, -0.2) is 13.1 Å². The molecule has 7 heteroatoms. The molecule has 1 aliphatic rings. The van der Waals surface area contributed by atoms with Crippen LogP contribution in [0, 0.1) is 26.7 Å². The second-order valence-corrected chi connectivity index (χ2v) is 10.1. The quantitative estimate of drug-likeness (QED) is 0.692. The standard InChI is InChI=1S/C21H35N3O3S/c1-15-7-6-10-24(13-15)14-19(5)23-20(25)8-9-22-28(26,27)21-17(3)11-16(2)12-18(21)4/h11-12,15,19,22H,6-10,13-14H2,1-5H3,(H,23,25). The van der Waals surface area contributed by atoms with E-state index in [0.29, 0.717) is 10.8 Å². The fourth-order valence-corrected chi connectivity index (χ4v) is 5.67. The number of carbonyl (C=O) groups excluding carboxylic acids is 1. The third kappa shape index (κ3) is 6.57. The first kappa shape index (κ1) is 22.8. The number of aryl methyl sites for hydroxylation is 3. The van der Waals surface area contributed by atoms with E-state index in [0.717, 1.165) is 36.3 Å². The number of hydrogen-bond donors (Lipinski definition) is 2. The van der Waals surface area contributed by atoms with E-state index < -0.39 is 10.0 Å². The molecular formula is C21H35N3O3S. The first-order valence-corrected chi connectivity index (χ1v) is 11.7. The van der Waals surface area contributed by atoms with Gasteiger partial charge >= 0.3 is 0 Å². The molecular weight excluding hydrogens is 374 g/mol. The monoisotopic (exact) mass is 409 g/mol. The van der Waals surface area contributed by atoms with Gasteiger partial charge in [0.2, 0.25) is 15.9 Å². The summed E-state index contributed by atoms with van der Waals surface area (Å²) >= 11 is 0. The minimum Gasteiger partial charge on any atom is -0.352 e. The van der Waals surface area contributed by atoms with Gasteiger partial charge < -0.3 is 10.2 Å². The number of amides is 1. The molecule has 0 radical (unpaired) electrons. The van der Waals surface area contributed by atoms with Crippen LogP contribution in [-0.4, -0.2) is 51.4 Å². The lowest BCUT2D eigenvalue weighted by Gasteiger charge is -2.32. The first-order valence-electron chi connectivity index (χ1n) is 10.2. The summed E-state index contributed by atoms with van der Waals surface area (Å²) < 4.78 is 27.8. The number of nitrogens with one attached hydrogen (secondary N) is 2. The lowest BCUT2D eigenvalue weighted by molar-refractivity contribution is -0.121. The predicted octanol–water partition coefficient (Wildman–Crippen LogP) is 2.52. The Morgan fingerprint density at radius 3 is 2.50 bits per heavy atom. The van der Waals surface area contributed by atoms with Gasteiger partial charge in [-0.3, -0.25) is 4.79 Å². The summed E-state index contributed by atoms with van der Waals surface area (Å²) in [6.45, 7) is 12.9.